The molecule has 0 radical (unpaired) electrons. The van der Waals surface area contributed by atoms with Crippen LogP contribution in [0.4, 0.5) is 24.9 Å². The molecular formula is C16H18F3N5O2S2. The van der Waals surface area contributed by atoms with E-state index in [1.165, 1.54) is 26.3 Å². The second-order valence-corrected chi connectivity index (χ2v) is 8.00. The Morgan fingerprint density at radius 2 is 1.93 bits per heavy atom. The lowest BCUT2D eigenvalue weighted by Crippen LogP contribution is -2.10. The molecule has 2 aromatic rings. The van der Waals surface area contributed by atoms with Gasteiger partial charge in [-0.1, -0.05) is 25.6 Å². The van der Waals surface area contributed by atoms with E-state index in [1.807, 2.05) is 13.8 Å². The predicted octanol–water partition coefficient (Wildman–Crippen LogP) is 4.31. The lowest BCUT2D eigenvalue weighted by atomic mass is 10.1. The molecule has 12 heteroatoms. The van der Waals surface area contributed by atoms with Gasteiger partial charge in [0.25, 0.3) is 0 Å². The molecule has 152 valence electrons. The monoisotopic (exact) mass is 433 g/mol. The standard InChI is InChI=1S/C16H18F3N5O2S2/c1-7(2)12-9(5-10(14(23-12)26-4)28-16(17,18)19)27-11-6-21-15(22-8(3)25)24-13(11)20/h5-7H,1-4H3,(H3,20,21,22,24,25). The van der Waals surface area contributed by atoms with Gasteiger partial charge in [-0.25, -0.2) is 9.97 Å². The molecule has 0 aliphatic rings. The van der Waals surface area contributed by atoms with E-state index in [4.69, 9.17) is 10.5 Å². The zero-order valence-electron chi connectivity index (χ0n) is 15.4. The molecule has 2 rings (SSSR count). The second-order valence-electron chi connectivity index (χ2n) is 5.81. The summed E-state index contributed by atoms with van der Waals surface area (Å²) in [5.41, 5.74) is 1.98. The number of hydrogen-bond acceptors (Lipinski definition) is 8. The molecule has 0 fully saturated rings. The summed E-state index contributed by atoms with van der Waals surface area (Å²) in [4.78, 5) is 24.1. The number of amides is 1. The number of rotatable bonds is 6. The third kappa shape index (κ3) is 5.89. The summed E-state index contributed by atoms with van der Waals surface area (Å²) in [5, 5.41) is 2.41. The van der Waals surface area contributed by atoms with Crippen molar-refractivity contribution >= 4 is 41.2 Å². The van der Waals surface area contributed by atoms with E-state index < -0.39 is 5.51 Å². The van der Waals surface area contributed by atoms with Crippen molar-refractivity contribution in [2.75, 3.05) is 18.2 Å². The van der Waals surface area contributed by atoms with Gasteiger partial charge in [-0.15, -0.1) is 0 Å². The lowest BCUT2D eigenvalue weighted by Gasteiger charge is -2.17. The Kier molecular flexibility index (Phi) is 6.99. The van der Waals surface area contributed by atoms with Crippen molar-refractivity contribution in [3.8, 4) is 5.88 Å². The maximum absolute atomic E-state index is 12.9. The Morgan fingerprint density at radius 3 is 2.43 bits per heavy atom. The number of methoxy groups -OCH3 is 1. The van der Waals surface area contributed by atoms with Crippen LogP contribution < -0.4 is 15.8 Å². The fourth-order valence-corrected chi connectivity index (χ4v) is 3.88. The van der Waals surface area contributed by atoms with Gasteiger partial charge in [-0.3, -0.25) is 10.1 Å². The van der Waals surface area contributed by atoms with Crippen LogP contribution in [0.15, 0.2) is 26.9 Å². The molecule has 7 nitrogen and oxygen atoms in total. The Hall–Kier alpha value is -2.21. The normalized spacial score (nSPS) is 11.6. The predicted molar refractivity (Wildman–Crippen MR) is 102 cm³/mol. The number of aromatic nitrogens is 3. The van der Waals surface area contributed by atoms with Crippen LogP contribution in [0.2, 0.25) is 0 Å². The average Bonchev–Trinajstić information content (AvgIpc) is 2.55. The molecule has 0 atom stereocenters. The number of nitrogens with two attached hydrogens (primary N) is 1. The van der Waals surface area contributed by atoms with Gasteiger partial charge in [0.2, 0.25) is 17.7 Å². The number of nitrogens with zero attached hydrogens (tertiary/aromatic N) is 3. The summed E-state index contributed by atoms with van der Waals surface area (Å²) >= 11 is 0.794. The Balaban J connectivity index is 2.45. The van der Waals surface area contributed by atoms with Crippen LogP contribution in [0.1, 0.15) is 32.4 Å². The first kappa shape index (κ1) is 22.1. The first-order valence-electron chi connectivity index (χ1n) is 7.92. The van der Waals surface area contributed by atoms with Crippen LogP contribution >= 0.6 is 23.5 Å². The molecule has 2 aromatic heterocycles. The highest BCUT2D eigenvalue weighted by molar-refractivity contribution is 8.00. The maximum Gasteiger partial charge on any atom is 0.446 e. The minimum absolute atomic E-state index is 0.0413. The van der Waals surface area contributed by atoms with Crippen LogP contribution in [0, 0.1) is 0 Å². The number of halogens is 3. The lowest BCUT2D eigenvalue weighted by molar-refractivity contribution is -0.114. The van der Waals surface area contributed by atoms with Crippen LogP contribution in [0.3, 0.4) is 0 Å². The van der Waals surface area contributed by atoms with Gasteiger partial charge in [-0.2, -0.15) is 18.2 Å². The zero-order valence-corrected chi connectivity index (χ0v) is 17.1. The molecule has 0 saturated heterocycles. The number of alkyl halides is 3. The van der Waals surface area contributed by atoms with E-state index in [-0.39, 0.29) is 46.1 Å². The van der Waals surface area contributed by atoms with Crippen molar-refractivity contribution in [1.82, 2.24) is 15.0 Å². The molecule has 2 heterocycles. The highest BCUT2D eigenvalue weighted by Crippen LogP contribution is 2.45. The van der Waals surface area contributed by atoms with Gasteiger partial charge in [0.1, 0.15) is 5.82 Å². The first-order chi connectivity index (χ1) is 13.0. The number of ether oxygens (including phenoxy) is 1. The van der Waals surface area contributed by atoms with Gasteiger partial charge in [0.15, 0.2) is 0 Å². The second kappa shape index (κ2) is 8.86. The number of nitrogen functional groups attached to an aromatic ring is 1. The van der Waals surface area contributed by atoms with E-state index in [0.29, 0.717) is 15.5 Å². The van der Waals surface area contributed by atoms with Crippen molar-refractivity contribution in [2.24, 2.45) is 0 Å². The molecule has 0 aliphatic carbocycles. The van der Waals surface area contributed by atoms with Crippen LogP contribution in [-0.4, -0.2) is 33.5 Å². The summed E-state index contributed by atoms with van der Waals surface area (Å²) in [5.74, 6) is -0.406. The Bertz CT molecular complexity index is 878. The number of carbonyl (C=O) groups excluding carboxylic acids is 1. The largest absolute Gasteiger partial charge is 0.480 e. The van der Waals surface area contributed by atoms with Gasteiger partial charge in [-0.05, 0) is 23.7 Å². The molecule has 3 N–H and O–H groups in total. The molecule has 0 bridgehead atoms. The topological polar surface area (TPSA) is 103 Å². The minimum Gasteiger partial charge on any atom is -0.480 e. The number of hydrogen-bond donors (Lipinski definition) is 2. The highest BCUT2D eigenvalue weighted by Gasteiger charge is 2.32. The van der Waals surface area contributed by atoms with E-state index in [0.717, 1.165) is 11.8 Å². The van der Waals surface area contributed by atoms with Gasteiger partial charge in [0, 0.05) is 18.0 Å². The molecular weight excluding hydrogens is 415 g/mol. The van der Waals surface area contributed by atoms with Crippen LogP contribution in [0.5, 0.6) is 5.88 Å². The van der Waals surface area contributed by atoms with Crippen molar-refractivity contribution < 1.29 is 22.7 Å². The van der Waals surface area contributed by atoms with Gasteiger partial charge >= 0.3 is 5.51 Å². The number of anilines is 2. The summed E-state index contributed by atoms with van der Waals surface area (Å²) in [7, 11) is 1.27. The fraction of sp³-hybridized carbons (Fsp3) is 0.375. The van der Waals surface area contributed by atoms with Crippen molar-refractivity contribution in [1.29, 1.82) is 0 Å². The summed E-state index contributed by atoms with van der Waals surface area (Å²) in [6.45, 7) is 5.03. The van der Waals surface area contributed by atoms with E-state index in [2.05, 4.69) is 20.3 Å². The molecule has 28 heavy (non-hydrogen) atoms. The molecule has 0 spiro atoms. The van der Waals surface area contributed by atoms with Crippen molar-refractivity contribution in [2.45, 2.75) is 46.9 Å². The third-order valence-corrected chi connectivity index (χ3v) is 5.03. The van der Waals surface area contributed by atoms with Gasteiger partial charge in [0.05, 0.1) is 22.6 Å². The van der Waals surface area contributed by atoms with Crippen molar-refractivity contribution in [3.05, 3.63) is 18.0 Å². The van der Waals surface area contributed by atoms with E-state index >= 15 is 0 Å². The van der Waals surface area contributed by atoms with Crippen LogP contribution in [-0.2, 0) is 4.79 Å². The highest BCUT2D eigenvalue weighted by atomic mass is 32.2. The number of carbonyl (C=O) groups is 1. The maximum atomic E-state index is 12.9. The molecule has 0 saturated carbocycles. The number of pyridine rings is 1. The van der Waals surface area contributed by atoms with Crippen molar-refractivity contribution in [3.63, 3.8) is 0 Å². The third-order valence-electron chi connectivity index (χ3n) is 3.20. The van der Waals surface area contributed by atoms with E-state index in [9.17, 15) is 18.0 Å². The SMILES string of the molecule is COc1nc(C(C)C)c(Sc2cnc(NC(C)=O)nc2N)cc1SC(F)(F)F. The summed E-state index contributed by atoms with van der Waals surface area (Å²) in [6.07, 6.45) is 1.39. The quantitative estimate of drug-likeness (QED) is 0.650. The Labute approximate surface area is 168 Å². The fourth-order valence-electron chi connectivity index (χ4n) is 2.11. The smallest absolute Gasteiger partial charge is 0.446 e. The molecule has 1 amide bonds. The molecule has 0 aromatic carbocycles. The number of thioether (sulfide) groups is 1. The van der Waals surface area contributed by atoms with Gasteiger partial charge < -0.3 is 10.5 Å². The molecule has 0 unspecified atom stereocenters. The summed E-state index contributed by atoms with van der Waals surface area (Å²) in [6, 6.07) is 1.37. The molecule has 0 aliphatic heterocycles. The minimum atomic E-state index is -4.49. The Morgan fingerprint density at radius 1 is 1.25 bits per heavy atom. The zero-order chi connectivity index (χ0) is 21.1. The van der Waals surface area contributed by atoms with Crippen LogP contribution in [0.25, 0.3) is 0 Å². The number of nitrogens with one attached hydrogen (secondary N) is 1. The van der Waals surface area contributed by atoms with E-state index in [1.54, 1.807) is 0 Å². The summed E-state index contributed by atoms with van der Waals surface area (Å²) < 4.78 is 43.7. The first-order valence-corrected chi connectivity index (χ1v) is 9.56. The average molecular weight is 433 g/mol.